The maximum absolute atomic E-state index is 4.88. The minimum absolute atomic E-state index is 0.352. The van der Waals surface area contributed by atoms with Crippen LogP contribution in [0.25, 0.3) is 17.0 Å². The van der Waals surface area contributed by atoms with Gasteiger partial charge in [0.1, 0.15) is 0 Å². The Bertz CT molecular complexity index is 1080. The normalized spacial score (nSPS) is 11.6. The molecule has 3 aromatic heterocycles. The zero-order chi connectivity index (χ0) is 19.0. The van der Waals surface area contributed by atoms with E-state index in [-0.39, 0.29) is 0 Å². The third-order valence-electron chi connectivity index (χ3n) is 4.48. The van der Waals surface area contributed by atoms with E-state index in [4.69, 9.17) is 4.98 Å². The lowest BCUT2D eigenvalue weighted by Gasteiger charge is -2.09. The van der Waals surface area contributed by atoms with Gasteiger partial charge in [-0.05, 0) is 33.8 Å². The molecular formula is C21H23N5S. The predicted molar refractivity (Wildman–Crippen MR) is 110 cm³/mol. The standard InChI is InChI=1S/C21H23N5S/c1-14(2)25-12-19(17-8-6-5-7-9-17)24-21(25)27-13-18-11-26-16(4)10-15(3)22-20(26)23-18/h5-12,14H,13H2,1-4H3. The highest BCUT2D eigenvalue weighted by atomic mass is 32.2. The summed E-state index contributed by atoms with van der Waals surface area (Å²) < 4.78 is 4.28. The van der Waals surface area contributed by atoms with Gasteiger partial charge in [-0.2, -0.15) is 0 Å². The van der Waals surface area contributed by atoms with E-state index in [9.17, 15) is 0 Å². The summed E-state index contributed by atoms with van der Waals surface area (Å²) in [6.07, 6.45) is 4.21. The Hall–Kier alpha value is -2.60. The van der Waals surface area contributed by atoms with Gasteiger partial charge in [-0.25, -0.2) is 15.0 Å². The maximum atomic E-state index is 4.88. The number of nitrogens with zero attached hydrogens (tertiary/aromatic N) is 5. The Balaban J connectivity index is 1.61. The molecule has 0 bridgehead atoms. The lowest BCUT2D eigenvalue weighted by molar-refractivity contribution is 0.549. The number of fused-ring (bicyclic) bond motifs is 1. The van der Waals surface area contributed by atoms with Crippen LogP contribution in [-0.4, -0.2) is 23.9 Å². The third kappa shape index (κ3) is 3.62. The highest BCUT2D eigenvalue weighted by molar-refractivity contribution is 7.98. The summed E-state index contributed by atoms with van der Waals surface area (Å²) in [6.45, 7) is 8.45. The van der Waals surface area contributed by atoms with Crippen molar-refractivity contribution >= 4 is 17.5 Å². The monoisotopic (exact) mass is 377 g/mol. The molecule has 6 heteroatoms. The fourth-order valence-corrected chi connectivity index (χ4v) is 4.12. The molecule has 138 valence electrons. The van der Waals surface area contributed by atoms with Gasteiger partial charge in [0.25, 0.3) is 0 Å². The molecule has 1 aromatic carbocycles. The third-order valence-corrected chi connectivity index (χ3v) is 5.49. The summed E-state index contributed by atoms with van der Waals surface area (Å²) in [5, 5.41) is 1.02. The number of hydrogen-bond donors (Lipinski definition) is 0. The molecule has 0 N–H and O–H groups in total. The van der Waals surface area contributed by atoms with Crippen LogP contribution in [0, 0.1) is 13.8 Å². The van der Waals surface area contributed by atoms with Gasteiger partial charge < -0.3 is 4.57 Å². The summed E-state index contributed by atoms with van der Waals surface area (Å²) in [4.78, 5) is 14.1. The van der Waals surface area contributed by atoms with E-state index in [1.165, 1.54) is 0 Å². The Morgan fingerprint density at radius 2 is 1.78 bits per heavy atom. The van der Waals surface area contributed by atoms with E-state index in [0.29, 0.717) is 6.04 Å². The zero-order valence-electron chi connectivity index (χ0n) is 16.0. The molecule has 0 aliphatic heterocycles. The summed E-state index contributed by atoms with van der Waals surface area (Å²) in [6, 6.07) is 12.7. The molecule has 0 unspecified atom stereocenters. The van der Waals surface area contributed by atoms with Gasteiger partial charge in [-0.3, -0.25) is 4.40 Å². The summed E-state index contributed by atoms with van der Waals surface area (Å²) in [5.74, 6) is 1.53. The van der Waals surface area contributed by atoms with Gasteiger partial charge in [0, 0.05) is 41.1 Å². The number of rotatable bonds is 5. The molecule has 0 fully saturated rings. The molecule has 4 rings (SSSR count). The van der Waals surface area contributed by atoms with Crippen molar-refractivity contribution in [2.75, 3.05) is 0 Å². The van der Waals surface area contributed by atoms with E-state index in [2.05, 4.69) is 65.9 Å². The number of hydrogen-bond acceptors (Lipinski definition) is 4. The van der Waals surface area contributed by atoms with Crippen molar-refractivity contribution in [2.45, 2.75) is 44.6 Å². The Morgan fingerprint density at radius 3 is 2.52 bits per heavy atom. The van der Waals surface area contributed by atoms with E-state index in [1.807, 2.05) is 29.5 Å². The number of aryl methyl sites for hydroxylation is 2. The molecule has 3 heterocycles. The number of imidazole rings is 2. The van der Waals surface area contributed by atoms with E-state index in [1.54, 1.807) is 11.8 Å². The first-order valence-electron chi connectivity index (χ1n) is 9.10. The van der Waals surface area contributed by atoms with Crippen LogP contribution in [0.15, 0.2) is 53.9 Å². The molecule has 5 nitrogen and oxygen atoms in total. The molecule has 0 saturated carbocycles. The highest BCUT2D eigenvalue weighted by Crippen LogP contribution is 2.29. The molecule has 27 heavy (non-hydrogen) atoms. The van der Waals surface area contributed by atoms with Crippen LogP contribution >= 0.6 is 11.8 Å². The minimum atomic E-state index is 0.352. The first-order chi connectivity index (χ1) is 13.0. The molecule has 0 aliphatic rings. The Kier molecular flexibility index (Phi) is 4.74. The van der Waals surface area contributed by atoms with Gasteiger partial charge in [0.05, 0.1) is 11.4 Å². The quantitative estimate of drug-likeness (QED) is 0.455. The SMILES string of the molecule is Cc1cc(C)n2cc(CSc3nc(-c4ccccc4)cn3C(C)C)nc2n1. The van der Waals surface area contributed by atoms with E-state index in [0.717, 1.165) is 45.0 Å². The van der Waals surface area contributed by atoms with Gasteiger partial charge in [0.15, 0.2) is 5.16 Å². The molecule has 0 spiro atoms. The summed E-state index contributed by atoms with van der Waals surface area (Å²) in [7, 11) is 0. The number of thioether (sulfide) groups is 1. The van der Waals surface area contributed by atoms with Crippen LogP contribution in [0.1, 0.15) is 37.0 Å². The highest BCUT2D eigenvalue weighted by Gasteiger charge is 2.14. The molecule has 0 aliphatic carbocycles. The van der Waals surface area contributed by atoms with Crippen molar-refractivity contribution in [3.8, 4) is 11.3 Å². The largest absolute Gasteiger partial charge is 0.323 e. The summed E-state index contributed by atoms with van der Waals surface area (Å²) >= 11 is 1.72. The van der Waals surface area contributed by atoms with Gasteiger partial charge in [0.2, 0.25) is 5.78 Å². The van der Waals surface area contributed by atoms with Crippen molar-refractivity contribution in [3.63, 3.8) is 0 Å². The zero-order valence-corrected chi connectivity index (χ0v) is 16.9. The second kappa shape index (κ2) is 7.19. The summed E-state index contributed by atoms with van der Waals surface area (Å²) in [5.41, 5.74) is 5.31. The molecule has 0 saturated heterocycles. The van der Waals surface area contributed by atoms with Crippen molar-refractivity contribution in [2.24, 2.45) is 0 Å². The second-order valence-electron chi connectivity index (χ2n) is 7.01. The van der Waals surface area contributed by atoms with Crippen LogP contribution < -0.4 is 0 Å². The first-order valence-corrected chi connectivity index (χ1v) is 10.1. The van der Waals surface area contributed by atoms with Crippen LogP contribution in [0.3, 0.4) is 0 Å². The van der Waals surface area contributed by atoms with Crippen LogP contribution in [0.5, 0.6) is 0 Å². The Labute approximate surface area is 163 Å². The number of aromatic nitrogens is 5. The molecule has 0 radical (unpaired) electrons. The average Bonchev–Trinajstić information content (AvgIpc) is 3.25. The average molecular weight is 378 g/mol. The van der Waals surface area contributed by atoms with Crippen molar-refractivity contribution in [1.82, 2.24) is 23.9 Å². The predicted octanol–water partition coefficient (Wildman–Crippen LogP) is 5.08. The Morgan fingerprint density at radius 1 is 1.00 bits per heavy atom. The maximum Gasteiger partial charge on any atom is 0.234 e. The van der Waals surface area contributed by atoms with Gasteiger partial charge >= 0.3 is 0 Å². The van der Waals surface area contributed by atoms with E-state index >= 15 is 0 Å². The smallest absolute Gasteiger partial charge is 0.234 e. The first kappa shape index (κ1) is 17.8. The molecule has 4 aromatic rings. The fourth-order valence-electron chi connectivity index (χ4n) is 3.13. The van der Waals surface area contributed by atoms with Crippen molar-refractivity contribution in [3.05, 3.63) is 65.9 Å². The number of benzene rings is 1. The minimum Gasteiger partial charge on any atom is -0.323 e. The fraction of sp³-hybridized carbons (Fsp3) is 0.286. The topological polar surface area (TPSA) is 48.0 Å². The van der Waals surface area contributed by atoms with Crippen molar-refractivity contribution in [1.29, 1.82) is 0 Å². The second-order valence-corrected chi connectivity index (χ2v) is 7.95. The molecule has 0 amide bonds. The van der Waals surface area contributed by atoms with Gasteiger partial charge in [-0.15, -0.1) is 0 Å². The van der Waals surface area contributed by atoms with Crippen LogP contribution in [-0.2, 0) is 5.75 Å². The van der Waals surface area contributed by atoms with Crippen LogP contribution in [0.4, 0.5) is 0 Å². The van der Waals surface area contributed by atoms with E-state index < -0.39 is 0 Å². The van der Waals surface area contributed by atoms with Crippen molar-refractivity contribution < 1.29 is 0 Å². The lowest BCUT2D eigenvalue weighted by Crippen LogP contribution is -2.00. The molecule has 0 atom stereocenters. The lowest BCUT2D eigenvalue weighted by atomic mass is 10.2. The van der Waals surface area contributed by atoms with Gasteiger partial charge in [-0.1, -0.05) is 42.1 Å². The van der Waals surface area contributed by atoms with Crippen LogP contribution in [0.2, 0.25) is 0 Å². The molecular weight excluding hydrogens is 354 g/mol.